The van der Waals surface area contributed by atoms with Crippen molar-refractivity contribution in [2.24, 2.45) is 5.92 Å². The number of piperidine rings is 1. The van der Waals surface area contributed by atoms with Crippen LogP contribution in [-0.2, 0) is 14.8 Å². The molecule has 0 radical (unpaired) electrons. The molecule has 1 saturated heterocycles. The maximum atomic E-state index is 12.9. The standard InChI is InChI=1S/C21H23N5O4S/c1-30-18-12-6-5-11-17(18)19-22-21(25-24-19)23-20(27)15-8-7-13-26(14-15)31(28,29)16-9-3-2-4-10-16/h2-6,9-12,15H,7-8,13-14H2,1H3,(H2,22,23,24,25,27). The lowest BCUT2D eigenvalue weighted by Crippen LogP contribution is -2.43. The molecular formula is C21H23N5O4S. The molecule has 1 atom stereocenters. The first kappa shape index (κ1) is 21.0. The second-order valence-electron chi connectivity index (χ2n) is 7.21. The number of nitrogens with one attached hydrogen (secondary N) is 2. The summed E-state index contributed by atoms with van der Waals surface area (Å²) in [5, 5.41) is 9.56. The van der Waals surface area contributed by atoms with Gasteiger partial charge in [-0.2, -0.15) is 9.29 Å². The molecular weight excluding hydrogens is 418 g/mol. The van der Waals surface area contributed by atoms with Gasteiger partial charge in [-0.15, -0.1) is 5.10 Å². The van der Waals surface area contributed by atoms with E-state index in [2.05, 4.69) is 20.5 Å². The molecule has 3 aromatic rings. The van der Waals surface area contributed by atoms with E-state index in [1.54, 1.807) is 43.5 Å². The molecule has 1 aliphatic heterocycles. The molecule has 2 heterocycles. The highest BCUT2D eigenvalue weighted by molar-refractivity contribution is 7.89. The molecule has 1 unspecified atom stereocenters. The minimum Gasteiger partial charge on any atom is -0.496 e. The van der Waals surface area contributed by atoms with Crippen molar-refractivity contribution in [1.82, 2.24) is 19.5 Å². The van der Waals surface area contributed by atoms with E-state index in [9.17, 15) is 13.2 Å². The molecule has 1 aliphatic rings. The summed E-state index contributed by atoms with van der Waals surface area (Å²) in [5.41, 5.74) is 0.718. The minimum absolute atomic E-state index is 0.118. The van der Waals surface area contributed by atoms with Crippen LogP contribution in [-0.4, -0.2) is 54.0 Å². The molecule has 1 fully saturated rings. The normalized spacial score (nSPS) is 17.3. The van der Waals surface area contributed by atoms with Crippen molar-refractivity contribution in [2.45, 2.75) is 17.7 Å². The highest BCUT2D eigenvalue weighted by atomic mass is 32.2. The number of amides is 1. The van der Waals surface area contributed by atoms with E-state index in [1.807, 2.05) is 18.2 Å². The van der Waals surface area contributed by atoms with E-state index in [0.717, 1.165) is 5.56 Å². The second kappa shape index (κ2) is 8.86. The third kappa shape index (κ3) is 4.44. The molecule has 0 spiro atoms. The Hall–Kier alpha value is -3.24. The van der Waals surface area contributed by atoms with Gasteiger partial charge in [0.2, 0.25) is 21.9 Å². The van der Waals surface area contributed by atoms with Crippen molar-refractivity contribution in [3.8, 4) is 17.1 Å². The van der Waals surface area contributed by atoms with Crippen molar-refractivity contribution in [1.29, 1.82) is 0 Å². The Bertz CT molecular complexity index is 1160. The minimum atomic E-state index is -3.64. The van der Waals surface area contributed by atoms with Gasteiger partial charge in [-0.05, 0) is 37.1 Å². The monoisotopic (exact) mass is 441 g/mol. The van der Waals surface area contributed by atoms with Crippen LogP contribution in [0.5, 0.6) is 5.75 Å². The van der Waals surface area contributed by atoms with Crippen molar-refractivity contribution in [3.63, 3.8) is 0 Å². The van der Waals surface area contributed by atoms with E-state index >= 15 is 0 Å². The smallest absolute Gasteiger partial charge is 0.249 e. The van der Waals surface area contributed by atoms with Crippen LogP contribution in [0, 0.1) is 5.92 Å². The van der Waals surface area contributed by atoms with Crippen LogP contribution in [0.3, 0.4) is 0 Å². The van der Waals surface area contributed by atoms with Gasteiger partial charge in [0.05, 0.1) is 23.5 Å². The number of aromatic amines is 1. The lowest BCUT2D eigenvalue weighted by atomic mass is 9.99. The first-order valence-electron chi connectivity index (χ1n) is 9.91. The Balaban J connectivity index is 1.45. The molecule has 9 nitrogen and oxygen atoms in total. The second-order valence-corrected chi connectivity index (χ2v) is 9.15. The van der Waals surface area contributed by atoms with Gasteiger partial charge in [0.1, 0.15) is 5.75 Å². The summed E-state index contributed by atoms with van der Waals surface area (Å²) in [6.07, 6.45) is 1.20. The Morgan fingerprint density at radius 3 is 2.68 bits per heavy atom. The maximum Gasteiger partial charge on any atom is 0.249 e. The summed E-state index contributed by atoms with van der Waals surface area (Å²) in [7, 11) is -2.07. The fourth-order valence-corrected chi connectivity index (χ4v) is 5.15. The van der Waals surface area contributed by atoms with Gasteiger partial charge < -0.3 is 4.74 Å². The number of hydrogen-bond donors (Lipinski definition) is 2. The third-order valence-electron chi connectivity index (χ3n) is 5.22. The summed E-state index contributed by atoms with van der Waals surface area (Å²) >= 11 is 0. The van der Waals surface area contributed by atoms with Crippen molar-refractivity contribution < 1.29 is 17.9 Å². The molecule has 162 valence electrons. The highest BCUT2D eigenvalue weighted by Gasteiger charge is 2.33. The fourth-order valence-electron chi connectivity index (χ4n) is 3.61. The van der Waals surface area contributed by atoms with Gasteiger partial charge in [0.15, 0.2) is 5.82 Å². The third-order valence-corrected chi connectivity index (χ3v) is 7.10. The van der Waals surface area contributed by atoms with Crippen molar-refractivity contribution in [2.75, 3.05) is 25.5 Å². The molecule has 2 aromatic carbocycles. The number of para-hydroxylation sites is 1. The molecule has 1 aromatic heterocycles. The number of rotatable bonds is 6. The fraction of sp³-hybridized carbons (Fsp3) is 0.286. The van der Waals surface area contributed by atoms with Crippen LogP contribution in [0.15, 0.2) is 59.5 Å². The van der Waals surface area contributed by atoms with Gasteiger partial charge >= 0.3 is 0 Å². The Kier molecular flexibility index (Phi) is 6.01. The zero-order valence-corrected chi connectivity index (χ0v) is 17.8. The lowest BCUT2D eigenvalue weighted by Gasteiger charge is -2.30. The number of ether oxygens (including phenoxy) is 1. The molecule has 0 saturated carbocycles. The number of aromatic nitrogens is 3. The number of nitrogens with zero attached hydrogens (tertiary/aromatic N) is 3. The Labute approximate surface area is 180 Å². The van der Waals surface area contributed by atoms with Crippen molar-refractivity contribution >= 4 is 21.9 Å². The number of carbonyl (C=O) groups is 1. The van der Waals surface area contributed by atoms with Crippen LogP contribution in [0.1, 0.15) is 12.8 Å². The maximum absolute atomic E-state index is 12.9. The van der Waals surface area contributed by atoms with Crippen LogP contribution in [0.4, 0.5) is 5.95 Å². The SMILES string of the molecule is COc1ccccc1-c1nc(NC(=O)C2CCCN(S(=O)(=O)c3ccccc3)C2)n[nH]1. The summed E-state index contributed by atoms with van der Waals surface area (Å²) in [4.78, 5) is 17.4. The van der Waals surface area contributed by atoms with Crippen LogP contribution < -0.4 is 10.1 Å². The lowest BCUT2D eigenvalue weighted by molar-refractivity contribution is -0.120. The van der Waals surface area contributed by atoms with E-state index in [-0.39, 0.29) is 23.3 Å². The average molecular weight is 442 g/mol. The largest absolute Gasteiger partial charge is 0.496 e. The number of anilines is 1. The average Bonchev–Trinajstić information content (AvgIpc) is 3.28. The molecule has 0 aliphatic carbocycles. The number of methoxy groups -OCH3 is 1. The Morgan fingerprint density at radius 1 is 1.16 bits per heavy atom. The molecule has 4 rings (SSSR count). The number of hydrogen-bond acceptors (Lipinski definition) is 6. The van der Waals surface area contributed by atoms with Crippen LogP contribution >= 0.6 is 0 Å². The summed E-state index contributed by atoms with van der Waals surface area (Å²) in [6, 6.07) is 15.6. The van der Waals surface area contributed by atoms with Gasteiger partial charge in [-0.25, -0.2) is 8.42 Å². The van der Waals surface area contributed by atoms with Gasteiger partial charge in [-0.1, -0.05) is 30.3 Å². The van der Waals surface area contributed by atoms with Crippen LogP contribution in [0.25, 0.3) is 11.4 Å². The van der Waals surface area contributed by atoms with E-state index < -0.39 is 15.9 Å². The molecule has 31 heavy (non-hydrogen) atoms. The van der Waals surface area contributed by atoms with Gasteiger partial charge in [0.25, 0.3) is 0 Å². The molecule has 1 amide bonds. The summed E-state index contributed by atoms with van der Waals surface area (Å²) < 4.78 is 32.5. The number of H-pyrrole nitrogens is 1. The predicted molar refractivity (Wildman–Crippen MR) is 115 cm³/mol. The predicted octanol–water partition coefficient (Wildman–Crippen LogP) is 2.52. The number of carbonyl (C=O) groups excluding carboxylic acids is 1. The highest BCUT2D eigenvalue weighted by Crippen LogP contribution is 2.28. The molecule has 10 heteroatoms. The van der Waals surface area contributed by atoms with Crippen LogP contribution in [0.2, 0.25) is 0 Å². The summed E-state index contributed by atoms with van der Waals surface area (Å²) in [5.74, 6) is 0.433. The zero-order chi connectivity index (χ0) is 21.8. The first-order valence-corrected chi connectivity index (χ1v) is 11.3. The topological polar surface area (TPSA) is 117 Å². The summed E-state index contributed by atoms with van der Waals surface area (Å²) in [6.45, 7) is 0.506. The number of benzene rings is 2. The number of sulfonamides is 1. The van der Waals surface area contributed by atoms with Crippen molar-refractivity contribution in [3.05, 3.63) is 54.6 Å². The quantitative estimate of drug-likeness (QED) is 0.607. The Morgan fingerprint density at radius 2 is 1.90 bits per heavy atom. The van der Waals surface area contributed by atoms with E-state index in [4.69, 9.17) is 4.74 Å². The van der Waals surface area contributed by atoms with Gasteiger partial charge in [0, 0.05) is 13.1 Å². The molecule has 0 bridgehead atoms. The first-order chi connectivity index (χ1) is 15.0. The van der Waals surface area contributed by atoms with E-state index in [1.165, 1.54) is 4.31 Å². The van der Waals surface area contributed by atoms with Gasteiger partial charge in [-0.3, -0.25) is 15.2 Å². The molecule has 2 N–H and O–H groups in total. The zero-order valence-electron chi connectivity index (χ0n) is 17.0. The van der Waals surface area contributed by atoms with E-state index in [0.29, 0.717) is 31.0 Å².